The van der Waals surface area contributed by atoms with Gasteiger partial charge in [0.2, 0.25) is 0 Å². The molecule has 1 aromatic rings. The highest BCUT2D eigenvalue weighted by Crippen LogP contribution is 2.27. The van der Waals surface area contributed by atoms with Gasteiger partial charge < -0.3 is 10.1 Å². The van der Waals surface area contributed by atoms with Gasteiger partial charge in [-0.1, -0.05) is 34.6 Å². The van der Waals surface area contributed by atoms with Crippen molar-refractivity contribution in [1.82, 2.24) is 5.32 Å². The number of nitrogens with one attached hydrogen (secondary N) is 1. The lowest BCUT2D eigenvalue weighted by Gasteiger charge is -2.11. The number of hydrogen-bond acceptors (Lipinski definition) is 4. The van der Waals surface area contributed by atoms with E-state index in [-0.39, 0.29) is 0 Å². The fourth-order valence-electron chi connectivity index (χ4n) is 1.63. The Morgan fingerprint density at radius 2 is 2.39 bits per heavy atom. The van der Waals surface area contributed by atoms with Crippen molar-refractivity contribution in [1.29, 1.82) is 0 Å². The number of benzene rings is 1. The SMILES string of the molecule is CCCOc1ccc(Br)cc1CSC1=NCCN1. The maximum atomic E-state index is 5.76. The number of aliphatic imine (C=N–C) groups is 1. The molecule has 1 N–H and O–H groups in total. The minimum atomic E-state index is 0.762. The molecule has 5 heteroatoms. The van der Waals surface area contributed by atoms with E-state index < -0.39 is 0 Å². The van der Waals surface area contributed by atoms with Crippen molar-refractivity contribution in [2.45, 2.75) is 19.1 Å². The molecule has 0 amide bonds. The molecule has 0 radical (unpaired) electrons. The van der Waals surface area contributed by atoms with Crippen LogP contribution in [0.5, 0.6) is 5.75 Å². The van der Waals surface area contributed by atoms with Crippen molar-refractivity contribution in [3.8, 4) is 5.75 Å². The predicted molar refractivity (Wildman–Crippen MR) is 81.5 cm³/mol. The molecule has 0 aromatic heterocycles. The summed E-state index contributed by atoms with van der Waals surface area (Å²) in [6.45, 7) is 4.73. The topological polar surface area (TPSA) is 33.6 Å². The van der Waals surface area contributed by atoms with Crippen LogP contribution in [0.25, 0.3) is 0 Å². The van der Waals surface area contributed by atoms with Crippen molar-refractivity contribution < 1.29 is 4.74 Å². The first-order valence-electron chi connectivity index (χ1n) is 6.12. The second kappa shape index (κ2) is 7.04. The molecule has 18 heavy (non-hydrogen) atoms. The highest BCUT2D eigenvalue weighted by Gasteiger charge is 2.09. The molecule has 0 saturated carbocycles. The van der Waals surface area contributed by atoms with E-state index in [9.17, 15) is 0 Å². The van der Waals surface area contributed by atoms with Gasteiger partial charge in [0.15, 0.2) is 5.17 Å². The first-order valence-corrected chi connectivity index (χ1v) is 7.90. The molecule has 1 heterocycles. The minimum absolute atomic E-state index is 0.762. The van der Waals surface area contributed by atoms with Gasteiger partial charge >= 0.3 is 0 Å². The van der Waals surface area contributed by atoms with E-state index in [1.54, 1.807) is 11.8 Å². The molecule has 0 atom stereocenters. The number of thioether (sulfide) groups is 1. The van der Waals surface area contributed by atoms with E-state index in [1.807, 2.05) is 12.1 Å². The number of ether oxygens (including phenoxy) is 1. The number of nitrogens with zero attached hydrogens (tertiary/aromatic N) is 1. The van der Waals surface area contributed by atoms with Crippen LogP contribution in [0.2, 0.25) is 0 Å². The van der Waals surface area contributed by atoms with Crippen LogP contribution in [0.4, 0.5) is 0 Å². The lowest BCUT2D eigenvalue weighted by molar-refractivity contribution is 0.315. The zero-order valence-electron chi connectivity index (χ0n) is 10.4. The van der Waals surface area contributed by atoms with Crippen LogP contribution >= 0.6 is 27.7 Å². The number of halogens is 1. The summed E-state index contributed by atoms with van der Waals surface area (Å²) in [7, 11) is 0. The highest BCUT2D eigenvalue weighted by atomic mass is 79.9. The van der Waals surface area contributed by atoms with Gasteiger partial charge in [0.25, 0.3) is 0 Å². The molecule has 1 aliphatic rings. The number of amidine groups is 1. The van der Waals surface area contributed by atoms with Gasteiger partial charge in [0, 0.05) is 22.3 Å². The summed E-state index contributed by atoms with van der Waals surface area (Å²) in [5.74, 6) is 1.86. The van der Waals surface area contributed by atoms with Crippen LogP contribution < -0.4 is 10.1 Å². The maximum Gasteiger partial charge on any atom is 0.157 e. The van der Waals surface area contributed by atoms with E-state index in [0.717, 1.165) is 47.3 Å². The number of hydrogen-bond donors (Lipinski definition) is 1. The Labute approximate surface area is 121 Å². The Bertz CT molecular complexity index is 437. The third kappa shape index (κ3) is 3.92. The molecule has 0 aliphatic carbocycles. The van der Waals surface area contributed by atoms with E-state index in [2.05, 4.69) is 39.2 Å². The Balaban J connectivity index is 2.01. The molecule has 1 aromatic carbocycles. The normalized spacial score (nSPS) is 14.2. The van der Waals surface area contributed by atoms with Crippen molar-refractivity contribution in [2.24, 2.45) is 4.99 Å². The summed E-state index contributed by atoms with van der Waals surface area (Å²) in [5, 5.41) is 4.30. The highest BCUT2D eigenvalue weighted by molar-refractivity contribution is 9.10. The molecular weight excluding hydrogens is 312 g/mol. The zero-order chi connectivity index (χ0) is 12.8. The van der Waals surface area contributed by atoms with Gasteiger partial charge in [0.05, 0.1) is 13.2 Å². The molecule has 2 rings (SSSR count). The van der Waals surface area contributed by atoms with Crippen LogP contribution in [0.1, 0.15) is 18.9 Å². The van der Waals surface area contributed by atoms with Gasteiger partial charge in [0.1, 0.15) is 5.75 Å². The third-order valence-corrected chi connectivity index (χ3v) is 3.99. The lowest BCUT2D eigenvalue weighted by Crippen LogP contribution is -2.15. The third-order valence-electron chi connectivity index (χ3n) is 2.49. The summed E-state index contributed by atoms with van der Waals surface area (Å²) < 4.78 is 6.85. The first kappa shape index (κ1) is 13.7. The van der Waals surface area contributed by atoms with Crippen molar-refractivity contribution in [3.63, 3.8) is 0 Å². The molecule has 0 spiro atoms. The van der Waals surface area contributed by atoms with Gasteiger partial charge in [-0.05, 0) is 24.6 Å². The van der Waals surface area contributed by atoms with Crippen LogP contribution in [0, 0.1) is 0 Å². The van der Waals surface area contributed by atoms with Crippen LogP contribution in [-0.2, 0) is 5.75 Å². The van der Waals surface area contributed by atoms with Gasteiger partial charge in [-0.25, -0.2) is 0 Å². The van der Waals surface area contributed by atoms with E-state index in [1.165, 1.54) is 5.56 Å². The van der Waals surface area contributed by atoms with E-state index >= 15 is 0 Å². The summed E-state index contributed by atoms with van der Waals surface area (Å²) in [5.41, 5.74) is 1.21. The monoisotopic (exact) mass is 328 g/mol. The Hall–Kier alpha value is -0.680. The molecule has 0 unspecified atom stereocenters. The molecule has 1 aliphatic heterocycles. The maximum absolute atomic E-state index is 5.76. The fourth-order valence-corrected chi connectivity index (χ4v) is 2.95. The molecule has 0 saturated heterocycles. The van der Waals surface area contributed by atoms with Gasteiger partial charge in [-0.2, -0.15) is 0 Å². The van der Waals surface area contributed by atoms with Crippen molar-refractivity contribution >= 4 is 32.9 Å². The summed E-state index contributed by atoms with van der Waals surface area (Å²) in [6, 6.07) is 6.16. The fraction of sp³-hybridized carbons (Fsp3) is 0.462. The summed E-state index contributed by atoms with van der Waals surface area (Å²) >= 11 is 5.24. The van der Waals surface area contributed by atoms with Crippen LogP contribution in [0.3, 0.4) is 0 Å². The second-order valence-electron chi connectivity index (χ2n) is 4.00. The predicted octanol–water partition coefficient (Wildman–Crippen LogP) is 3.43. The lowest BCUT2D eigenvalue weighted by atomic mass is 10.2. The Kier molecular flexibility index (Phi) is 5.38. The zero-order valence-corrected chi connectivity index (χ0v) is 12.8. The molecule has 0 bridgehead atoms. The van der Waals surface area contributed by atoms with Crippen molar-refractivity contribution in [2.75, 3.05) is 19.7 Å². The van der Waals surface area contributed by atoms with E-state index in [0.29, 0.717) is 0 Å². The minimum Gasteiger partial charge on any atom is -0.493 e. The van der Waals surface area contributed by atoms with E-state index in [4.69, 9.17) is 4.74 Å². The average Bonchev–Trinajstić information content (AvgIpc) is 2.88. The molecular formula is C13H17BrN2OS. The summed E-state index contributed by atoms with van der Waals surface area (Å²) in [4.78, 5) is 4.38. The second-order valence-corrected chi connectivity index (χ2v) is 5.88. The van der Waals surface area contributed by atoms with Gasteiger partial charge in [-0.15, -0.1) is 0 Å². The molecule has 0 fully saturated rings. The van der Waals surface area contributed by atoms with Gasteiger partial charge in [-0.3, -0.25) is 4.99 Å². The van der Waals surface area contributed by atoms with Crippen molar-refractivity contribution in [3.05, 3.63) is 28.2 Å². The smallest absolute Gasteiger partial charge is 0.157 e. The van der Waals surface area contributed by atoms with Crippen LogP contribution in [-0.4, -0.2) is 24.9 Å². The average molecular weight is 329 g/mol. The molecule has 98 valence electrons. The summed E-state index contributed by atoms with van der Waals surface area (Å²) in [6.07, 6.45) is 1.02. The Morgan fingerprint density at radius 3 is 3.11 bits per heavy atom. The largest absolute Gasteiger partial charge is 0.493 e. The van der Waals surface area contributed by atoms with Crippen LogP contribution in [0.15, 0.2) is 27.7 Å². The molecule has 3 nitrogen and oxygen atoms in total. The first-order chi connectivity index (χ1) is 8.79. The Morgan fingerprint density at radius 1 is 1.50 bits per heavy atom. The standard InChI is InChI=1S/C13H17BrN2OS/c1-2-7-17-12-4-3-11(14)8-10(12)9-18-13-15-5-6-16-13/h3-4,8H,2,5-7,9H2,1H3,(H,15,16). The number of rotatable bonds is 5. The quantitative estimate of drug-likeness (QED) is 0.899.